The third-order valence-electron chi connectivity index (χ3n) is 1.67. The Morgan fingerprint density at radius 2 is 1.91 bits per heavy atom. The molecule has 0 aromatic rings. The maximum atomic E-state index is 8.52. The van der Waals surface area contributed by atoms with Crippen molar-refractivity contribution in [2.45, 2.75) is 0 Å². The number of halogens is 1. The normalized spacial score (nSPS) is 22.4. The lowest BCUT2D eigenvalue weighted by Crippen LogP contribution is -2.50. The highest BCUT2D eigenvalue weighted by atomic mass is 35.5. The molecule has 2 N–H and O–H groups in total. The molecule has 0 unspecified atom stereocenters. The Balaban J connectivity index is 2.07. The van der Waals surface area contributed by atoms with Crippen molar-refractivity contribution in [2.24, 2.45) is 0 Å². The maximum absolute atomic E-state index is 8.52. The molecule has 5 heteroatoms. The van der Waals surface area contributed by atoms with Gasteiger partial charge in [0, 0.05) is 32.7 Å². The summed E-state index contributed by atoms with van der Waals surface area (Å²) in [5, 5.41) is 10.6. The summed E-state index contributed by atoms with van der Waals surface area (Å²) in [6.07, 6.45) is 0. The van der Waals surface area contributed by atoms with Crippen molar-refractivity contribution in [3.05, 3.63) is 0 Å². The standard InChI is InChI=1S/C6H14ClN3O/c7-9-2-4-10(5-3-9)8-1-6-11/h8,11H,1-6H2. The Hall–Kier alpha value is 0.130. The maximum Gasteiger partial charge on any atom is 0.0570 e. The minimum atomic E-state index is 0.182. The molecule has 4 nitrogen and oxygen atoms in total. The van der Waals surface area contributed by atoms with Crippen LogP contribution in [0.3, 0.4) is 0 Å². The van der Waals surface area contributed by atoms with E-state index in [2.05, 4.69) is 10.4 Å². The second kappa shape index (κ2) is 4.90. The van der Waals surface area contributed by atoms with E-state index in [0.29, 0.717) is 6.54 Å². The van der Waals surface area contributed by atoms with Crippen LogP contribution in [0.5, 0.6) is 0 Å². The molecule has 66 valence electrons. The molecule has 1 saturated heterocycles. The van der Waals surface area contributed by atoms with Gasteiger partial charge in [-0.1, -0.05) is 0 Å². The third-order valence-corrected chi connectivity index (χ3v) is 2.01. The van der Waals surface area contributed by atoms with E-state index >= 15 is 0 Å². The molecule has 0 aliphatic carbocycles. The Kier molecular flexibility index (Phi) is 4.11. The van der Waals surface area contributed by atoms with Gasteiger partial charge in [-0.15, -0.1) is 0 Å². The molecule has 0 saturated carbocycles. The molecule has 1 aliphatic heterocycles. The Morgan fingerprint density at radius 3 is 2.45 bits per heavy atom. The zero-order chi connectivity index (χ0) is 8.10. The van der Waals surface area contributed by atoms with Crippen molar-refractivity contribution in [3.63, 3.8) is 0 Å². The summed E-state index contributed by atoms with van der Waals surface area (Å²) in [7, 11) is 0. The number of piperazine rings is 1. The molecule has 1 fully saturated rings. The molecular weight excluding hydrogens is 166 g/mol. The minimum absolute atomic E-state index is 0.182. The highest BCUT2D eigenvalue weighted by Crippen LogP contribution is 2.00. The topological polar surface area (TPSA) is 38.7 Å². The Morgan fingerprint density at radius 1 is 1.27 bits per heavy atom. The zero-order valence-corrected chi connectivity index (χ0v) is 7.22. The van der Waals surface area contributed by atoms with Gasteiger partial charge in [0.2, 0.25) is 0 Å². The number of aliphatic hydroxyl groups is 1. The molecule has 0 spiro atoms. The van der Waals surface area contributed by atoms with Crippen molar-refractivity contribution >= 4 is 11.8 Å². The van der Waals surface area contributed by atoms with Gasteiger partial charge in [-0.05, 0) is 11.8 Å². The number of nitrogens with zero attached hydrogens (tertiary/aromatic N) is 2. The van der Waals surface area contributed by atoms with E-state index in [-0.39, 0.29) is 6.61 Å². The predicted molar refractivity (Wildman–Crippen MR) is 44.1 cm³/mol. The van der Waals surface area contributed by atoms with Crippen LogP contribution in [0, 0.1) is 0 Å². The van der Waals surface area contributed by atoms with Gasteiger partial charge in [0.15, 0.2) is 0 Å². The molecule has 1 aliphatic rings. The average Bonchev–Trinajstić information content (AvgIpc) is 2.04. The average molecular weight is 180 g/mol. The molecule has 0 amide bonds. The van der Waals surface area contributed by atoms with E-state index in [1.54, 1.807) is 4.42 Å². The fraction of sp³-hybridized carbons (Fsp3) is 1.00. The van der Waals surface area contributed by atoms with Crippen LogP contribution in [0.25, 0.3) is 0 Å². The van der Waals surface area contributed by atoms with Crippen LogP contribution in [-0.4, -0.2) is 53.9 Å². The second-order valence-corrected chi connectivity index (χ2v) is 3.01. The summed E-state index contributed by atoms with van der Waals surface area (Å²) < 4.78 is 1.77. The molecule has 0 aromatic carbocycles. The summed E-state index contributed by atoms with van der Waals surface area (Å²) in [5.41, 5.74) is 3.09. The van der Waals surface area contributed by atoms with Gasteiger partial charge in [-0.2, -0.15) is 0 Å². The van der Waals surface area contributed by atoms with Gasteiger partial charge < -0.3 is 5.11 Å². The lowest BCUT2D eigenvalue weighted by molar-refractivity contribution is 0.118. The fourth-order valence-electron chi connectivity index (χ4n) is 1.05. The monoisotopic (exact) mass is 179 g/mol. The van der Waals surface area contributed by atoms with Gasteiger partial charge in [0.25, 0.3) is 0 Å². The Labute approximate surface area is 71.8 Å². The number of rotatable bonds is 3. The van der Waals surface area contributed by atoms with E-state index in [1.807, 2.05) is 0 Å². The summed E-state index contributed by atoms with van der Waals surface area (Å²) in [5.74, 6) is 0. The van der Waals surface area contributed by atoms with Crippen molar-refractivity contribution in [1.29, 1.82) is 0 Å². The van der Waals surface area contributed by atoms with Crippen LogP contribution in [0.2, 0.25) is 0 Å². The molecular formula is C6H14ClN3O. The van der Waals surface area contributed by atoms with E-state index < -0.39 is 0 Å². The number of hydrogen-bond acceptors (Lipinski definition) is 4. The van der Waals surface area contributed by atoms with Crippen LogP contribution in [0.1, 0.15) is 0 Å². The van der Waals surface area contributed by atoms with E-state index in [4.69, 9.17) is 16.9 Å². The van der Waals surface area contributed by atoms with Gasteiger partial charge in [-0.25, -0.2) is 9.43 Å². The number of aliphatic hydroxyl groups excluding tert-OH is 1. The molecule has 11 heavy (non-hydrogen) atoms. The number of nitrogens with one attached hydrogen (secondary N) is 1. The first kappa shape index (κ1) is 9.22. The summed E-state index contributed by atoms with van der Waals surface area (Å²) in [6, 6.07) is 0. The second-order valence-electron chi connectivity index (χ2n) is 2.53. The minimum Gasteiger partial charge on any atom is -0.395 e. The summed E-state index contributed by atoms with van der Waals surface area (Å²) in [6.45, 7) is 4.40. The lowest BCUT2D eigenvalue weighted by atomic mass is 10.4. The molecule has 1 heterocycles. The van der Waals surface area contributed by atoms with E-state index in [1.165, 1.54) is 0 Å². The number of hydrazine groups is 1. The third kappa shape index (κ3) is 3.35. The fourth-order valence-corrected chi connectivity index (χ4v) is 1.20. The molecule has 0 atom stereocenters. The lowest BCUT2D eigenvalue weighted by Gasteiger charge is -2.30. The van der Waals surface area contributed by atoms with Crippen LogP contribution < -0.4 is 5.43 Å². The van der Waals surface area contributed by atoms with Crippen molar-refractivity contribution in [2.75, 3.05) is 39.3 Å². The molecule has 0 bridgehead atoms. The predicted octanol–water partition coefficient (Wildman–Crippen LogP) is -0.745. The SMILES string of the molecule is OCCNN1CCN(Cl)CC1. The van der Waals surface area contributed by atoms with Crippen LogP contribution >= 0.6 is 11.8 Å². The first-order valence-electron chi connectivity index (χ1n) is 3.83. The molecule has 0 aromatic heterocycles. The van der Waals surface area contributed by atoms with Gasteiger partial charge in [-0.3, -0.25) is 5.43 Å². The van der Waals surface area contributed by atoms with Crippen LogP contribution in [0.4, 0.5) is 0 Å². The first-order chi connectivity index (χ1) is 5.33. The number of hydrogen-bond donors (Lipinski definition) is 2. The molecule has 1 rings (SSSR count). The quantitative estimate of drug-likeness (QED) is 0.560. The first-order valence-corrected chi connectivity index (χ1v) is 4.17. The highest BCUT2D eigenvalue weighted by Gasteiger charge is 2.13. The largest absolute Gasteiger partial charge is 0.395 e. The van der Waals surface area contributed by atoms with Crippen molar-refractivity contribution < 1.29 is 5.11 Å². The van der Waals surface area contributed by atoms with E-state index in [0.717, 1.165) is 26.2 Å². The summed E-state index contributed by atoms with van der Waals surface area (Å²) in [4.78, 5) is 0. The highest BCUT2D eigenvalue weighted by molar-refractivity contribution is 6.13. The Bertz CT molecular complexity index is 103. The van der Waals surface area contributed by atoms with Gasteiger partial charge in [0.1, 0.15) is 0 Å². The molecule has 0 radical (unpaired) electrons. The van der Waals surface area contributed by atoms with Crippen LogP contribution in [0.15, 0.2) is 0 Å². The van der Waals surface area contributed by atoms with Crippen LogP contribution in [-0.2, 0) is 0 Å². The smallest absolute Gasteiger partial charge is 0.0570 e. The van der Waals surface area contributed by atoms with Crippen molar-refractivity contribution in [1.82, 2.24) is 14.9 Å². The summed E-state index contributed by atoms with van der Waals surface area (Å²) >= 11 is 5.75. The van der Waals surface area contributed by atoms with Crippen molar-refractivity contribution in [3.8, 4) is 0 Å². The van der Waals surface area contributed by atoms with Gasteiger partial charge in [0.05, 0.1) is 6.61 Å². The van der Waals surface area contributed by atoms with Gasteiger partial charge >= 0.3 is 0 Å². The zero-order valence-electron chi connectivity index (χ0n) is 6.46. The van der Waals surface area contributed by atoms with E-state index in [9.17, 15) is 0 Å².